The second-order valence-corrected chi connectivity index (χ2v) is 9.84. The van der Waals surface area contributed by atoms with Crippen molar-refractivity contribution in [2.24, 2.45) is 0 Å². The molecule has 200 valence electrons. The summed E-state index contributed by atoms with van der Waals surface area (Å²) in [6, 6.07) is 13.3. The van der Waals surface area contributed by atoms with Crippen LogP contribution in [0.3, 0.4) is 0 Å². The number of hydrogen-bond acceptors (Lipinski definition) is 5. The third kappa shape index (κ3) is 7.36. The molecular formula is C30H39ClN2O4. The number of hydrogen-bond donors (Lipinski definition) is 1. The number of ketones is 1. The Balaban J connectivity index is 1.92. The van der Waals surface area contributed by atoms with Crippen LogP contribution < -0.4 is 4.74 Å². The normalized spacial score (nSPS) is 17.1. The first-order chi connectivity index (χ1) is 17.9. The molecule has 2 aromatic carbocycles. The second kappa shape index (κ2) is 14.2. The molecule has 0 spiro atoms. The highest BCUT2D eigenvalue weighted by molar-refractivity contribution is 6.46. The molecule has 0 saturated carbocycles. The van der Waals surface area contributed by atoms with E-state index in [1.165, 1.54) is 0 Å². The minimum absolute atomic E-state index is 0.102. The fraction of sp³-hybridized carbons (Fsp3) is 0.467. The largest absolute Gasteiger partial charge is 0.507 e. The van der Waals surface area contributed by atoms with Crippen molar-refractivity contribution in [3.63, 3.8) is 0 Å². The molecule has 2 aromatic rings. The summed E-state index contributed by atoms with van der Waals surface area (Å²) in [6.45, 7) is 10.2. The molecule has 0 unspecified atom stereocenters. The van der Waals surface area contributed by atoms with Gasteiger partial charge in [0.15, 0.2) is 0 Å². The van der Waals surface area contributed by atoms with Gasteiger partial charge >= 0.3 is 0 Å². The number of benzene rings is 2. The van der Waals surface area contributed by atoms with E-state index >= 15 is 0 Å². The molecule has 7 heteroatoms. The Bertz CT molecular complexity index is 1060. The Labute approximate surface area is 225 Å². The third-order valence-electron chi connectivity index (χ3n) is 6.69. The lowest BCUT2D eigenvalue weighted by molar-refractivity contribution is -0.140. The van der Waals surface area contributed by atoms with E-state index in [0.717, 1.165) is 57.3 Å². The van der Waals surface area contributed by atoms with Crippen molar-refractivity contribution in [2.45, 2.75) is 58.9 Å². The number of unbranched alkanes of at least 4 members (excludes halogenated alkanes) is 2. The van der Waals surface area contributed by atoms with E-state index in [1.807, 2.05) is 31.2 Å². The lowest BCUT2D eigenvalue weighted by Crippen LogP contribution is -2.34. The highest BCUT2D eigenvalue weighted by Gasteiger charge is 2.45. The minimum atomic E-state index is -0.675. The van der Waals surface area contributed by atoms with E-state index in [-0.39, 0.29) is 11.3 Å². The van der Waals surface area contributed by atoms with Gasteiger partial charge in [0.05, 0.1) is 18.2 Å². The monoisotopic (exact) mass is 526 g/mol. The molecule has 1 saturated heterocycles. The van der Waals surface area contributed by atoms with Crippen molar-refractivity contribution in [3.8, 4) is 5.75 Å². The van der Waals surface area contributed by atoms with Crippen LogP contribution in [0.25, 0.3) is 5.76 Å². The Morgan fingerprint density at radius 3 is 2.08 bits per heavy atom. The summed E-state index contributed by atoms with van der Waals surface area (Å²) < 4.78 is 5.58. The predicted octanol–water partition coefficient (Wildman–Crippen LogP) is 6.45. The highest BCUT2D eigenvalue weighted by atomic mass is 35.5. The molecule has 1 N–H and O–H groups in total. The molecule has 6 nitrogen and oxygen atoms in total. The number of likely N-dealkylation sites (tertiary alicyclic amines) is 1. The van der Waals surface area contributed by atoms with E-state index in [9.17, 15) is 14.7 Å². The topological polar surface area (TPSA) is 70.1 Å². The fourth-order valence-corrected chi connectivity index (χ4v) is 4.82. The number of aliphatic hydroxyl groups excluding tert-OH is 1. The Morgan fingerprint density at radius 1 is 0.919 bits per heavy atom. The number of ether oxygens (including phenoxy) is 1. The summed E-state index contributed by atoms with van der Waals surface area (Å²) >= 11 is 6.02. The van der Waals surface area contributed by atoms with Crippen LogP contribution in [0.5, 0.6) is 5.75 Å². The molecule has 3 rings (SSSR count). The van der Waals surface area contributed by atoms with E-state index in [2.05, 4.69) is 18.7 Å². The Morgan fingerprint density at radius 2 is 1.51 bits per heavy atom. The maximum Gasteiger partial charge on any atom is 0.295 e. The van der Waals surface area contributed by atoms with E-state index in [4.69, 9.17) is 16.3 Å². The molecular weight excluding hydrogens is 488 g/mol. The SMILES string of the molecule is CCCCN(CCCC)CCCN1C(=O)C(=O)C(=C(O)c2ccc(Cl)cc2)[C@H]1c1ccc(OCC)cc1. The molecule has 1 heterocycles. The zero-order valence-electron chi connectivity index (χ0n) is 22.2. The number of carbonyl (C=O) groups is 2. The summed E-state index contributed by atoms with van der Waals surface area (Å²) in [4.78, 5) is 30.6. The average molecular weight is 527 g/mol. The Hall–Kier alpha value is -2.83. The maximum atomic E-state index is 13.3. The van der Waals surface area contributed by atoms with Gasteiger partial charge in [0, 0.05) is 17.1 Å². The van der Waals surface area contributed by atoms with Gasteiger partial charge in [-0.1, -0.05) is 50.4 Å². The van der Waals surface area contributed by atoms with Crippen molar-refractivity contribution in [1.29, 1.82) is 0 Å². The van der Waals surface area contributed by atoms with Crippen LogP contribution in [0.1, 0.15) is 70.0 Å². The second-order valence-electron chi connectivity index (χ2n) is 9.40. The summed E-state index contributed by atoms with van der Waals surface area (Å²) in [6.07, 6.45) is 5.30. The van der Waals surface area contributed by atoms with Crippen LogP contribution >= 0.6 is 11.6 Å². The molecule has 1 atom stereocenters. The zero-order valence-corrected chi connectivity index (χ0v) is 23.0. The number of Topliss-reactive ketones (excluding diaryl/α,β-unsaturated/α-hetero) is 1. The van der Waals surface area contributed by atoms with Gasteiger partial charge in [-0.2, -0.15) is 0 Å². The van der Waals surface area contributed by atoms with Crippen LogP contribution in [0.4, 0.5) is 0 Å². The predicted molar refractivity (Wildman–Crippen MR) is 149 cm³/mol. The van der Waals surface area contributed by atoms with Gasteiger partial charge in [-0.05, 0) is 87.8 Å². The van der Waals surface area contributed by atoms with E-state index in [0.29, 0.717) is 29.5 Å². The lowest BCUT2D eigenvalue weighted by Gasteiger charge is -2.27. The van der Waals surface area contributed by atoms with Gasteiger partial charge in [-0.15, -0.1) is 0 Å². The van der Waals surface area contributed by atoms with Gasteiger partial charge in [-0.3, -0.25) is 9.59 Å². The molecule has 37 heavy (non-hydrogen) atoms. The van der Waals surface area contributed by atoms with Crippen LogP contribution in [0.15, 0.2) is 54.1 Å². The standard InChI is InChI=1S/C30H39ClN2O4/c1-4-7-18-32(19-8-5-2)20-9-21-33-27(22-12-16-25(17-13-22)37-6-3)26(29(35)30(33)36)28(34)23-10-14-24(31)15-11-23/h10-17,27,34H,4-9,18-21H2,1-3H3/t27-/m1/s1. The van der Waals surface area contributed by atoms with Crippen molar-refractivity contribution in [2.75, 3.05) is 32.8 Å². The summed E-state index contributed by atoms with van der Waals surface area (Å²) in [5.74, 6) is -0.726. The van der Waals surface area contributed by atoms with Crippen LogP contribution in [-0.2, 0) is 9.59 Å². The molecule has 0 radical (unpaired) electrons. The molecule has 0 bridgehead atoms. The number of carbonyl (C=O) groups excluding carboxylic acids is 2. The van der Waals surface area contributed by atoms with Crippen molar-refractivity contribution in [3.05, 3.63) is 70.3 Å². The lowest BCUT2D eigenvalue weighted by atomic mass is 9.95. The van der Waals surface area contributed by atoms with Crippen molar-refractivity contribution in [1.82, 2.24) is 9.80 Å². The Kier molecular flexibility index (Phi) is 11.0. The average Bonchev–Trinajstić information content (AvgIpc) is 3.15. The first kappa shape index (κ1) is 28.7. The molecule has 1 amide bonds. The smallest absolute Gasteiger partial charge is 0.295 e. The molecule has 1 fully saturated rings. The minimum Gasteiger partial charge on any atom is -0.507 e. The van der Waals surface area contributed by atoms with Gasteiger partial charge in [0.25, 0.3) is 11.7 Å². The number of nitrogens with zero attached hydrogens (tertiary/aromatic N) is 2. The first-order valence-corrected chi connectivity index (χ1v) is 13.8. The van der Waals surface area contributed by atoms with Crippen LogP contribution in [-0.4, -0.2) is 59.4 Å². The maximum absolute atomic E-state index is 13.3. The first-order valence-electron chi connectivity index (χ1n) is 13.4. The summed E-state index contributed by atoms with van der Waals surface area (Å²) in [5, 5.41) is 11.7. The van der Waals surface area contributed by atoms with E-state index in [1.54, 1.807) is 29.2 Å². The van der Waals surface area contributed by atoms with Gasteiger partial charge < -0.3 is 19.6 Å². The van der Waals surface area contributed by atoms with Crippen molar-refractivity contribution >= 4 is 29.1 Å². The molecule has 1 aliphatic heterocycles. The van der Waals surface area contributed by atoms with Crippen molar-refractivity contribution < 1.29 is 19.4 Å². The summed E-state index contributed by atoms with van der Waals surface area (Å²) in [7, 11) is 0. The van der Waals surface area contributed by atoms with Gasteiger partial charge in [-0.25, -0.2) is 0 Å². The molecule has 0 aromatic heterocycles. The molecule has 0 aliphatic carbocycles. The number of aliphatic hydroxyl groups is 1. The number of halogens is 1. The highest BCUT2D eigenvalue weighted by Crippen LogP contribution is 2.40. The van der Waals surface area contributed by atoms with Crippen LogP contribution in [0, 0.1) is 0 Å². The van der Waals surface area contributed by atoms with E-state index < -0.39 is 17.7 Å². The van der Waals surface area contributed by atoms with Gasteiger partial charge in [0.1, 0.15) is 11.5 Å². The fourth-order valence-electron chi connectivity index (χ4n) is 4.70. The van der Waals surface area contributed by atoms with Crippen LogP contribution in [0.2, 0.25) is 5.02 Å². The third-order valence-corrected chi connectivity index (χ3v) is 6.95. The summed E-state index contributed by atoms with van der Waals surface area (Å²) in [5.41, 5.74) is 1.31. The molecule has 1 aliphatic rings. The zero-order chi connectivity index (χ0) is 26.8. The quantitative estimate of drug-likeness (QED) is 0.174. The number of rotatable bonds is 14. The van der Waals surface area contributed by atoms with Gasteiger partial charge in [0.2, 0.25) is 0 Å². The number of amides is 1.